The quantitative estimate of drug-likeness (QED) is 0.434. The Morgan fingerprint density at radius 1 is 1.38 bits per heavy atom. The molecule has 6 nitrogen and oxygen atoms in total. The number of thioether (sulfide) groups is 1. The zero-order valence-electron chi connectivity index (χ0n) is 13.7. The van der Waals surface area contributed by atoms with Gasteiger partial charge in [0.2, 0.25) is 5.89 Å². The zero-order chi connectivity index (χ0) is 15.7. The Labute approximate surface area is 131 Å². The molecule has 0 unspecified atom stereocenters. The summed E-state index contributed by atoms with van der Waals surface area (Å²) < 4.78 is 5.24. The van der Waals surface area contributed by atoms with Crippen LogP contribution in [0.3, 0.4) is 0 Å². The van der Waals surface area contributed by atoms with Crippen LogP contribution in [0.25, 0.3) is 0 Å². The van der Waals surface area contributed by atoms with Crippen LogP contribution in [-0.2, 0) is 6.42 Å². The van der Waals surface area contributed by atoms with Crippen LogP contribution in [0.2, 0.25) is 0 Å². The van der Waals surface area contributed by atoms with Gasteiger partial charge in [-0.05, 0) is 40.4 Å². The first kappa shape index (κ1) is 17.8. The Bertz CT molecular complexity index is 444. The van der Waals surface area contributed by atoms with Crippen molar-refractivity contribution >= 4 is 17.7 Å². The van der Waals surface area contributed by atoms with E-state index in [-0.39, 0.29) is 4.75 Å². The monoisotopic (exact) mass is 313 g/mol. The minimum Gasteiger partial charge on any atom is -0.357 e. The van der Waals surface area contributed by atoms with E-state index in [1.165, 1.54) is 0 Å². The molecule has 1 heterocycles. The van der Waals surface area contributed by atoms with E-state index >= 15 is 0 Å². The fraction of sp³-hybridized carbons (Fsp3) is 0.786. The summed E-state index contributed by atoms with van der Waals surface area (Å²) in [6.45, 7) is 10.8. The third-order valence-electron chi connectivity index (χ3n) is 2.94. The molecule has 2 N–H and O–H groups in total. The van der Waals surface area contributed by atoms with Crippen LogP contribution < -0.4 is 10.6 Å². The predicted molar refractivity (Wildman–Crippen MR) is 88.9 cm³/mol. The van der Waals surface area contributed by atoms with Gasteiger partial charge < -0.3 is 15.2 Å². The highest BCUT2D eigenvalue weighted by molar-refractivity contribution is 7.99. The van der Waals surface area contributed by atoms with Crippen molar-refractivity contribution < 1.29 is 4.52 Å². The van der Waals surface area contributed by atoms with Gasteiger partial charge in [0.25, 0.3) is 0 Å². The maximum atomic E-state index is 5.09. The molecule has 0 amide bonds. The molecule has 7 heteroatoms. The fourth-order valence-electron chi connectivity index (χ4n) is 1.56. The Hall–Kier alpha value is -1.24. The normalized spacial score (nSPS) is 12.5. The molecule has 0 aliphatic rings. The molecule has 0 aromatic carbocycles. The molecule has 1 aromatic rings. The number of nitrogens with zero attached hydrogens (tertiary/aromatic N) is 3. The second-order valence-corrected chi connectivity index (χ2v) is 6.94. The van der Waals surface area contributed by atoms with Crippen LogP contribution in [-0.4, -0.2) is 46.7 Å². The maximum Gasteiger partial charge on any atom is 0.226 e. The van der Waals surface area contributed by atoms with Crippen molar-refractivity contribution in [3.8, 4) is 0 Å². The summed E-state index contributed by atoms with van der Waals surface area (Å²) in [4.78, 5) is 8.82. The van der Waals surface area contributed by atoms with Crippen LogP contribution in [0.15, 0.2) is 9.52 Å². The van der Waals surface area contributed by atoms with E-state index in [9.17, 15) is 0 Å². The topological polar surface area (TPSA) is 75.3 Å². The number of nitrogens with one attached hydrogen (secondary N) is 2. The lowest BCUT2D eigenvalue weighted by atomic mass is 10.2. The fourth-order valence-corrected chi connectivity index (χ4v) is 1.76. The lowest BCUT2D eigenvalue weighted by molar-refractivity contribution is 0.372. The van der Waals surface area contributed by atoms with Crippen LogP contribution in [0.5, 0.6) is 0 Å². The molecule has 0 aliphatic carbocycles. The standard InChI is InChI=1S/C14H27N5OS/c1-6-15-13(17-10-14(3,4)21-5)16-9-7-8-12-18-11(2)19-20-12/h6-10H2,1-5H3,(H2,15,16,17). The maximum absolute atomic E-state index is 5.09. The van der Waals surface area contributed by atoms with E-state index in [0.717, 1.165) is 38.4 Å². The SMILES string of the molecule is CCNC(=NCC(C)(C)SC)NCCCc1nc(C)no1. The molecule has 0 aliphatic heterocycles. The molecule has 0 fully saturated rings. The second kappa shape index (κ2) is 8.92. The molecule has 0 spiro atoms. The first-order chi connectivity index (χ1) is 9.96. The van der Waals surface area contributed by atoms with Crippen molar-refractivity contribution in [1.82, 2.24) is 20.8 Å². The molecule has 0 saturated carbocycles. The average Bonchev–Trinajstić information content (AvgIpc) is 2.86. The number of rotatable bonds is 8. The van der Waals surface area contributed by atoms with Crippen molar-refractivity contribution in [2.45, 2.75) is 45.3 Å². The highest BCUT2D eigenvalue weighted by Gasteiger charge is 2.15. The van der Waals surface area contributed by atoms with E-state index in [2.05, 4.69) is 52.8 Å². The van der Waals surface area contributed by atoms with Crippen molar-refractivity contribution in [2.75, 3.05) is 25.9 Å². The minimum atomic E-state index is 0.156. The Balaban J connectivity index is 2.35. The van der Waals surface area contributed by atoms with Gasteiger partial charge in [0, 0.05) is 24.3 Å². The zero-order valence-corrected chi connectivity index (χ0v) is 14.5. The van der Waals surface area contributed by atoms with Gasteiger partial charge in [-0.1, -0.05) is 5.16 Å². The molecule has 21 heavy (non-hydrogen) atoms. The largest absolute Gasteiger partial charge is 0.357 e. The predicted octanol–water partition coefficient (Wildman–Crippen LogP) is 2.01. The molecular weight excluding hydrogens is 286 g/mol. The van der Waals surface area contributed by atoms with Crippen molar-refractivity contribution in [2.24, 2.45) is 4.99 Å². The summed E-state index contributed by atoms with van der Waals surface area (Å²) in [5.41, 5.74) is 0. The molecule has 0 radical (unpaired) electrons. The van der Waals surface area contributed by atoms with E-state index in [0.29, 0.717) is 11.7 Å². The summed E-state index contributed by atoms with van der Waals surface area (Å²) in [5.74, 6) is 2.24. The van der Waals surface area contributed by atoms with E-state index < -0.39 is 0 Å². The number of aliphatic imine (C=N–C) groups is 1. The highest BCUT2D eigenvalue weighted by atomic mass is 32.2. The van der Waals surface area contributed by atoms with Gasteiger partial charge in [-0.25, -0.2) is 0 Å². The van der Waals surface area contributed by atoms with Gasteiger partial charge in [0.05, 0.1) is 6.54 Å². The molecule has 0 atom stereocenters. The highest BCUT2D eigenvalue weighted by Crippen LogP contribution is 2.20. The smallest absolute Gasteiger partial charge is 0.226 e. The first-order valence-electron chi connectivity index (χ1n) is 7.33. The lowest BCUT2D eigenvalue weighted by Crippen LogP contribution is -2.39. The summed E-state index contributed by atoms with van der Waals surface area (Å²) in [6, 6.07) is 0. The molecule has 1 rings (SSSR count). The van der Waals surface area contributed by atoms with Gasteiger partial charge in [0.1, 0.15) is 0 Å². The number of hydrogen-bond acceptors (Lipinski definition) is 5. The molecule has 1 aromatic heterocycles. The van der Waals surface area contributed by atoms with E-state index in [1.54, 1.807) is 0 Å². The van der Waals surface area contributed by atoms with Gasteiger partial charge in [-0.15, -0.1) is 0 Å². The third kappa shape index (κ3) is 7.36. The van der Waals surface area contributed by atoms with Gasteiger partial charge in [-0.3, -0.25) is 4.99 Å². The number of aryl methyl sites for hydroxylation is 2. The Morgan fingerprint density at radius 2 is 2.14 bits per heavy atom. The van der Waals surface area contributed by atoms with Crippen LogP contribution in [0, 0.1) is 6.92 Å². The van der Waals surface area contributed by atoms with Crippen molar-refractivity contribution in [3.05, 3.63) is 11.7 Å². The summed E-state index contributed by atoms with van der Waals surface area (Å²) in [6.07, 6.45) is 3.82. The van der Waals surface area contributed by atoms with Crippen LogP contribution >= 0.6 is 11.8 Å². The van der Waals surface area contributed by atoms with E-state index in [4.69, 9.17) is 4.52 Å². The second-order valence-electron chi connectivity index (χ2n) is 5.42. The third-order valence-corrected chi connectivity index (χ3v) is 4.18. The summed E-state index contributed by atoms with van der Waals surface area (Å²) in [5, 5.41) is 10.4. The molecular formula is C14H27N5OS. The number of hydrogen-bond donors (Lipinski definition) is 2. The number of aromatic nitrogens is 2. The van der Waals surface area contributed by atoms with Crippen LogP contribution in [0.4, 0.5) is 0 Å². The number of guanidine groups is 1. The Morgan fingerprint density at radius 3 is 2.71 bits per heavy atom. The van der Waals surface area contributed by atoms with Gasteiger partial charge >= 0.3 is 0 Å². The minimum absolute atomic E-state index is 0.156. The molecule has 0 saturated heterocycles. The van der Waals surface area contributed by atoms with Crippen molar-refractivity contribution in [1.29, 1.82) is 0 Å². The average molecular weight is 313 g/mol. The summed E-state index contributed by atoms with van der Waals surface area (Å²) in [7, 11) is 0. The summed E-state index contributed by atoms with van der Waals surface area (Å²) >= 11 is 1.82. The lowest BCUT2D eigenvalue weighted by Gasteiger charge is -2.20. The first-order valence-corrected chi connectivity index (χ1v) is 8.56. The van der Waals surface area contributed by atoms with Gasteiger partial charge in [0.15, 0.2) is 11.8 Å². The van der Waals surface area contributed by atoms with Crippen LogP contribution in [0.1, 0.15) is 38.9 Å². The van der Waals surface area contributed by atoms with Gasteiger partial charge in [-0.2, -0.15) is 16.7 Å². The molecule has 0 bridgehead atoms. The van der Waals surface area contributed by atoms with Crippen molar-refractivity contribution in [3.63, 3.8) is 0 Å². The Kier molecular flexibility index (Phi) is 7.56. The van der Waals surface area contributed by atoms with E-state index in [1.807, 2.05) is 18.7 Å². The molecule has 120 valence electrons.